The third-order valence-corrected chi connectivity index (χ3v) is 4.60. The van der Waals surface area contributed by atoms with Crippen molar-refractivity contribution in [1.29, 1.82) is 0 Å². The normalized spacial score (nSPS) is 29.2. The molecular weight excluding hydrogens is 234 g/mol. The van der Waals surface area contributed by atoms with Crippen molar-refractivity contribution >= 4 is 0 Å². The molecule has 3 heteroatoms. The molecule has 0 radical (unpaired) electrons. The van der Waals surface area contributed by atoms with Gasteiger partial charge in [0.25, 0.3) is 0 Å². The van der Waals surface area contributed by atoms with Crippen molar-refractivity contribution < 1.29 is 0 Å². The Hall–Kier alpha value is -0.930. The fourth-order valence-corrected chi connectivity index (χ4v) is 3.40. The smallest absolute Gasteiger partial charge is 0.0579 e. The average molecular weight is 259 g/mol. The molecule has 104 valence electrons. The fourth-order valence-electron chi connectivity index (χ4n) is 3.40. The molecule has 3 nitrogen and oxygen atoms in total. The molecule has 0 bridgehead atoms. The second-order valence-corrected chi connectivity index (χ2v) is 6.17. The number of aromatic nitrogens is 1. The summed E-state index contributed by atoms with van der Waals surface area (Å²) in [4.78, 5) is 7.40. The maximum Gasteiger partial charge on any atom is 0.0579 e. The summed E-state index contributed by atoms with van der Waals surface area (Å²) in [6, 6.07) is 5.63. The molecule has 1 aliphatic carbocycles. The van der Waals surface area contributed by atoms with Crippen molar-refractivity contribution in [2.24, 2.45) is 11.7 Å². The number of pyridine rings is 1. The van der Waals surface area contributed by atoms with Crippen molar-refractivity contribution in [3.05, 3.63) is 29.6 Å². The maximum absolute atomic E-state index is 6.06. The first-order valence-corrected chi connectivity index (χ1v) is 7.68. The van der Waals surface area contributed by atoms with Crippen LogP contribution < -0.4 is 5.73 Å². The van der Waals surface area contributed by atoms with Crippen molar-refractivity contribution in [2.75, 3.05) is 13.1 Å². The molecule has 1 saturated carbocycles. The van der Waals surface area contributed by atoms with E-state index in [1.165, 1.54) is 49.9 Å². The number of nitrogens with two attached hydrogens (primary N) is 1. The van der Waals surface area contributed by atoms with E-state index in [1.807, 2.05) is 6.20 Å². The van der Waals surface area contributed by atoms with E-state index in [-0.39, 0.29) is 0 Å². The maximum atomic E-state index is 6.06. The third-order valence-electron chi connectivity index (χ3n) is 4.60. The fraction of sp³-hybridized carbons (Fsp3) is 0.688. The molecule has 0 amide bonds. The monoisotopic (exact) mass is 259 g/mol. The zero-order valence-electron chi connectivity index (χ0n) is 11.9. The minimum absolute atomic E-state index is 0.445. The van der Waals surface area contributed by atoms with Gasteiger partial charge >= 0.3 is 0 Å². The Morgan fingerprint density at radius 3 is 2.74 bits per heavy atom. The van der Waals surface area contributed by atoms with E-state index < -0.39 is 0 Å². The summed E-state index contributed by atoms with van der Waals surface area (Å²) in [5.74, 6) is 0.568. The highest BCUT2D eigenvalue weighted by atomic mass is 15.2. The lowest BCUT2D eigenvalue weighted by atomic mass is 9.91. The van der Waals surface area contributed by atoms with Crippen LogP contribution in [0.4, 0.5) is 0 Å². The molecule has 19 heavy (non-hydrogen) atoms. The summed E-state index contributed by atoms with van der Waals surface area (Å²) in [6.45, 7) is 4.10. The number of hydrogen-bond acceptors (Lipinski definition) is 3. The molecule has 2 heterocycles. The molecule has 2 N–H and O–H groups in total. The minimum atomic E-state index is 0.445. The van der Waals surface area contributed by atoms with Crippen LogP contribution in [0.3, 0.4) is 0 Å². The molecular formula is C16H25N3. The first kappa shape index (κ1) is 13.1. The summed E-state index contributed by atoms with van der Waals surface area (Å²) in [7, 11) is 0. The van der Waals surface area contributed by atoms with Gasteiger partial charge in [-0.05, 0) is 63.2 Å². The number of rotatable bonds is 3. The van der Waals surface area contributed by atoms with Crippen molar-refractivity contribution in [1.82, 2.24) is 9.88 Å². The predicted molar refractivity (Wildman–Crippen MR) is 77.8 cm³/mol. The van der Waals surface area contributed by atoms with Crippen LogP contribution >= 0.6 is 0 Å². The molecule has 1 aliphatic heterocycles. The Labute approximate surface area is 116 Å². The largest absolute Gasteiger partial charge is 0.330 e. The van der Waals surface area contributed by atoms with Gasteiger partial charge in [0.05, 0.1) is 11.7 Å². The summed E-state index contributed by atoms with van der Waals surface area (Å²) >= 11 is 0. The van der Waals surface area contributed by atoms with Crippen LogP contribution in [-0.2, 0) is 0 Å². The first-order valence-electron chi connectivity index (χ1n) is 7.68. The van der Waals surface area contributed by atoms with E-state index in [1.54, 1.807) is 0 Å². The molecule has 2 unspecified atom stereocenters. The van der Waals surface area contributed by atoms with Crippen LogP contribution in [0.5, 0.6) is 0 Å². The Bertz CT molecular complexity index is 411. The summed E-state index contributed by atoms with van der Waals surface area (Å²) in [6.07, 6.45) is 8.60. The highest BCUT2D eigenvalue weighted by Gasteiger charge is 2.39. The molecule has 0 aromatic carbocycles. The van der Waals surface area contributed by atoms with E-state index in [0.29, 0.717) is 12.0 Å². The zero-order chi connectivity index (χ0) is 13.2. The third kappa shape index (κ3) is 2.82. The Morgan fingerprint density at radius 1 is 1.26 bits per heavy atom. The average Bonchev–Trinajstić information content (AvgIpc) is 3.25. The number of nitrogens with zero attached hydrogens (tertiary/aromatic N) is 2. The molecule has 1 saturated heterocycles. The number of likely N-dealkylation sites (tertiary alicyclic amines) is 1. The van der Waals surface area contributed by atoms with Crippen molar-refractivity contribution in [2.45, 2.75) is 51.1 Å². The topological polar surface area (TPSA) is 42.1 Å². The molecule has 2 aliphatic rings. The van der Waals surface area contributed by atoms with E-state index >= 15 is 0 Å². The van der Waals surface area contributed by atoms with Gasteiger partial charge < -0.3 is 5.73 Å². The highest BCUT2D eigenvalue weighted by molar-refractivity contribution is 5.17. The van der Waals surface area contributed by atoms with Gasteiger partial charge in [-0.1, -0.05) is 12.5 Å². The molecule has 0 spiro atoms. The summed E-state index contributed by atoms with van der Waals surface area (Å²) in [5.41, 5.74) is 8.53. The van der Waals surface area contributed by atoms with E-state index in [9.17, 15) is 0 Å². The molecule has 2 atom stereocenters. The van der Waals surface area contributed by atoms with Crippen LogP contribution in [0.2, 0.25) is 0 Å². The lowest BCUT2D eigenvalue weighted by Crippen LogP contribution is -2.37. The summed E-state index contributed by atoms with van der Waals surface area (Å²) < 4.78 is 0. The van der Waals surface area contributed by atoms with Gasteiger partial charge in [-0.25, -0.2) is 0 Å². The molecule has 2 fully saturated rings. The SMILES string of the molecule is Cc1ccc(C2C(CN)CCCCN2C2CC2)nc1. The van der Waals surface area contributed by atoms with Gasteiger partial charge in [-0.3, -0.25) is 9.88 Å². The predicted octanol–water partition coefficient (Wildman–Crippen LogP) is 2.65. The van der Waals surface area contributed by atoms with Crippen molar-refractivity contribution in [3.8, 4) is 0 Å². The summed E-state index contributed by atoms with van der Waals surface area (Å²) in [5, 5.41) is 0. The number of hydrogen-bond donors (Lipinski definition) is 1. The second kappa shape index (κ2) is 5.59. The van der Waals surface area contributed by atoms with Gasteiger partial charge in [-0.2, -0.15) is 0 Å². The van der Waals surface area contributed by atoms with E-state index in [0.717, 1.165) is 12.6 Å². The first-order chi connectivity index (χ1) is 9.29. The Kier molecular flexibility index (Phi) is 3.85. The standard InChI is InChI=1S/C16H25N3/c1-12-5-8-15(18-11-12)16-13(10-17)4-2-3-9-19(16)14-6-7-14/h5,8,11,13-14,16H,2-4,6-7,9-10,17H2,1H3. The molecule has 1 aromatic heterocycles. The number of aryl methyl sites for hydroxylation is 1. The Balaban J connectivity index is 1.91. The van der Waals surface area contributed by atoms with Crippen LogP contribution in [0.25, 0.3) is 0 Å². The second-order valence-electron chi connectivity index (χ2n) is 6.17. The van der Waals surface area contributed by atoms with E-state index in [4.69, 9.17) is 10.7 Å². The van der Waals surface area contributed by atoms with E-state index in [2.05, 4.69) is 24.0 Å². The van der Waals surface area contributed by atoms with Crippen LogP contribution in [0.15, 0.2) is 18.3 Å². The lowest BCUT2D eigenvalue weighted by molar-refractivity contribution is 0.145. The van der Waals surface area contributed by atoms with Gasteiger partial charge in [0.15, 0.2) is 0 Å². The van der Waals surface area contributed by atoms with Crippen LogP contribution in [-0.4, -0.2) is 29.0 Å². The van der Waals surface area contributed by atoms with Gasteiger partial charge in [-0.15, -0.1) is 0 Å². The van der Waals surface area contributed by atoms with Gasteiger partial charge in [0, 0.05) is 12.2 Å². The lowest BCUT2D eigenvalue weighted by Gasteiger charge is -2.34. The highest BCUT2D eigenvalue weighted by Crippen LogP contribution is 2.41. The minimum Gasteiger partial charge on any atom is -0.330 e. The zero-order valence-corrected chi connectivity index (χ0v) is 11.9. The van der Waals surface area contributed by atoms with Gasteiger partial charge in [0.2, 0.25) is 0 Å². The van der Waals surface area contributed by atoms with Crippen LogP contribution in [0, 0.1) is 12.8 Å². The quantitative estimate of drug-likeness (QED) is 0.907. The van der Waals surface area contributed by atoms with Crippen molar-refractivity contribution in [3.63, 3.8) is 0 Å². The van der Waals surface area contributed by atoms with Crippen LogP contribution in [0.1, 0.15) is 49.4 Å². The molecule has 3 rings (SSSR count). The Morgan fingerprint density at radius 2 is 2.11 bits per heavy atom. The van der Waals surface area contributed by atoms with Gasteiger partial charge in [0.1, 0.15) is 0 Å². The molecule has 1 aromatic rings.